The molecule has 1 fully saturated rings. The Labute approximate surface area is 128 Å². The second kappa shape index (κ2) is 7.60. The van der Waals surface area contributed by atoms with Gasteiger partial charge in [0.1, 0.15) is 6.23 Å². The van der Waals surface area contributed by atoms with Gasteiger partial charge in [-0.05, 0) is 38.3 Å². The minimum absolute atomic E-state index is 0.0779. The van der Waals surface area contributed by atoms with Crippen LogP contribution in [0.15, 0.2) is 36.6 Å². The van der Waals surface area contributed by atoms with Gasteiger partial charge in [0.25, 0.3) is 0 Å². The molecule has 0 aromatic rings. The van der Waals surface area contributed by atoms with Gasteiger partial charge in [-0.2, -0.15) is 13.2 Å². The smallest absolute Gasteiger partial charge is 0.357 e. The second-order valence-corrected chi connectivity index (χ2v) is 5.06. The summed E-state index contributed by atoms with van der Waals surface area (Å²) in [6, 6.07) is 0. The van der Waals surface area contributed by atoms with Crippen LogP contribution in [0.5, 0.6) is 0 Å². The van der Waals surface area contributed by atoms with Crippen LogP contribution in [0.4, 0.5) is 13.2 Å². The molecule has 0 amide bonds. The third kappa shape index (κ3) is 4.99. The van der Waals surface area contributed by atoms with Crippen LogP contribution in [0, 0.1) is 0 Å². The Bertz CT molecular complexity index is 466. The van der Waals surface area contributed by atoms with E-state index in [1.807, 2.05) is 0 Å². The van der Waals surface area contributed by atoms with Crippen LogP contribution in [0.1, 0.15) is 26.2 Å². The SMILES string of the molecule is C=C(/C=C\C(=C)N(C1CCCCO1)N(C)C(F)(F)F)C(C)=O. The first-order chi connectivity index (χ1) is 10.1. The molecule has 0 bridgehead atoms. The Morgan fingerprint density at radius 2 is 1.91 bits per heavy atom. The molecule has 1 saturated heterocycles. The van der Waals surface area contributed by atoms with Crippen molar-refractivity contribution in [1.29, 1.82) is 0 Å². The third-order valence-electron chi connectivity index (χ3n) is 3.34. The van der Waals surface area contributed by atoms with Gasteiger partial charge in [-0.25, -0.2) is 0 Å². The van der Waals surface area contributed by atoms with Crippen molar-refractivity contribution in [3.05, 3.63) is 36.6 Å². The summed E-state index contributed by atoms with van der Waals surface area (Å²) >= 11 is 0. The number of Topliss-reactive ketones (excluding diaryl/α,β-unsaturated/α-hetero) is 1. The average Bonchev–Trinajstić information content (AvgIpc) is 2.44. The number of carbonyl (C=O) groups excluding carboxylic acids is 1. The molecule has 0 spiro atoms. The number of halogens is 3. The zero-order valence-corrected chi connectivity index (χ0v) is 12.8. The topological polar surface area (TPSA) is 32.8 Å². The molecule has 124 valence electrons. The van der Waals surface area contributed by atoms with E-state index in [9.17, 15) is 18.0 Å². The van der Waals surface area contributed by atoms with E-state index in [0.717, 1.165) is 24.9 Å². The van der Waals surface area contributed by atoms with Crippen LogP contribution >= 0.6 is 0 Å². The molecule has 1 atom stereocenters. The highest BCUT2D eigenvalue weighted by molar-refractivity contribution is 5.95. The largest absolute Gasteiger partial charge is 0.477 e. The summed E-state index contributed by atoms with van der Waals surface area (Å²) in [6.07, 6.45) is -0.527. The maximum absolute atomic E-state index is 13.0. The maximum atomic E-state index is 13.0. The van der Waals surface area contributed by atoms with Gasteiger partial charge in [-0.15, -0.1) is 5.01 Å². The lowest BCUT2D eigenvalue weighted by atomic mass is 10.1. The molecule has 1 rings (SSSR count). The van der Waals surface area contributed by atoms with Crippen LogP contribution in [-0.2, 0) is 9.53 Å². The van der Waals surface area contributed by atoms with Gasteiger partial charge in [0, 0.05) is 24.9 Å². The van der Waals surface area contributed by atoms with Gasteiger partial charge in [-0.1, -0.05) is 13.2 Å². The summed E-state index contributed by atoms with van der Waals surface area (Å²) in [7, 11) is 0.913. The fourth-order valence-corrected chi connectivity index (χ4v) is 2.00. The third-order valence-corrected chi connectivity index (χ3v) is 3.34. The van der Waals surface area contributed by atoms with Crippen LogP contribution in [0.3, 0.4) is 0 Å². The number of allylic oxidation sites excluding steroid dienone is 3. The first-order valence-corrected chi connectivity index (χ1v) is 6.92. The summed E-state index contributed by atoms with van der Waals surface area (Å²) in [5, 5.41) is 1.11. The minimum Gasteiger partial charge on any atom is -0.357 e. The molecule has 0 N–H and O–H groups in total. The number of nitrogens with zero attached hydrogens (tertiary/aromatic N) is 2. The lowest BCUT2D eigenvalue weighted by molar-refractivity contribution is -0.322. The lowest BCUT2D eigenvalue weighted by Crippen LogP contribution is -2.53. The molecule has 1 heterocycles. The van der Waals surface area contributed by atoms with E-state index in [1.54, 1.807) is 0 Å². The molecular weight excluding hydrogens is 297 g/mol. The van der Waals surface area contributed by atoms with E-state index < -0.39 is 12.5 Å². The molecule has 7 heteroatoms. The van der Waals surface area contributed by atoms with Crippen LogP contribution < -0.4 is 0 Å². The number of ether oxygens (including phenoxy) is 1. The highest BCUT2D eigenvalue weighted by Gasteiger charge is 2.41. The van der Waals surface area contributed by atoms with Crippen molar-refractivity contribution in [1.82, 2.24) is 10.0 Å². The number of hydrazine groups is 1. The second-order valence-electron chi connectivity index (χ2n) is 5.06. The van der Waals surface area contributed by atoms with Crippen molar-refractivity contribution in [2.45, 2.75) is 38.7 Å². The maximum Gasteiger partial charge on any atom is 0.477 e. The Morgan fingerprint density at radius 3 is 2.36 bits per heavy atom. The molecule has 0 aliphatic carbocycles. The number of ketones is 1. The lowest BCUT2D eigenvalue weighted by Gasteiger charge is -2.41. The summed E-state index contributed by atoms with van der Waals surface area (Å²) in [6.45, 7) is 8.93. The van der Waals surface area contributed by atoms with Crippen LogP contribution in [0.2, 0.25) is 0 Å². The van der Waals surface area contributed by atoms with E-state index in [-0.39, 0.29) is 22.1 Å². The standard InChI is InChI=1S/C15H21F3N2O2/c1-11(13(3)21)8-9-12(2)20(19(4)15(16,17)18)14-7-5-6-10-22-14/h8-9,14H,1-2,5-7,10H2,3-4H3/b9-8-. The Morgan fingerprint density at radius 1 is 1.27 bits per heavy atom. The summed E-state index contributed by atoms with van der Waals surface area (Å²) in [4.78, 5) is 11.1. The van der Waals surface area contributed by atoms with E-state index >= 15 is 0 Å². The average molecular weight is 318 g/mol. The number of carbonyl (C=O) groups is 1. The predicted octanol–water partition coefficient (Wildman–Crippen LogP) is 3.40. The number of hydrogen-bond donors (Lipinski definition) is 0. The van der Waals surface area contributed by atoms with Crippen molar-refractivity contribution in [3.63, 3.8) is 0 Å². The van der Waals surface area contributed by atoms with Crippen molar-refractivity contribution in [2.75, 3.05) is 13.7 Å². The molecule has 1 aliphatic heterocycles. The zero-order valence-electron chi connectivity index (χ0n) is 12.8. The Hall–Kier alpha value is -1.60. The van der Waals surface area contributed by atoms with E-state index in [4.69, 9.17) is 4.74 Å². The molecule has 22 heavy (non-hydrogen) atoms. The highest BCUT2D eigenvalue weighted by atomic mass is 19.4. The van der Waals surface area contributed by atoms with Crippen LogP contribution in [0.25, 0.3) is 0 Å². The predicted molar refractivity (Wildman–Crippen MR) is 77.3 cm³/mol. The Kier molecular flexibility index (Phi) is 6.37. The molecule has 1 unspecified atom stereocenters. The fraction of sp³-hybridized carbons (Fsp3) is 0.533. The van der Waals surface area contributed by atoms with Crippen molar-refractivity contribution >= 4 is 5.78 Å². The quantitative estimate of drug-likeness (QED) is 0.325. The minimum atomic E-state index is -4.56. The number of rotatable bonds is 6. The van der Waals surface area contributed by atoms with Crippen molar-refractivity contribution < 1.29 is 22.7 Å². The molecule has 0 saturated carbocycles. The van der Waals surface area contributed by atoms with Crippen molar-refractivity contribution in [2.24, 2.45) is 0 Å². The molecular formula is C15H21F3N2O2. The van der Waals surface area contributed by atoms with E-state index in [2.05, 4.69) is 13.2 Å². The number of alkyl halides is 3. The summed E-state index contributed by atoms with van der Waals surface area (Å²) in [5.74, 6) is -0.256. The zero-order chi connectivity index (χ0) is 16.9. The molecule has 1 aliphatic rings. The van der Waals surface area contributed by atoms with Gasteiger partial charge in [-0.3, -0.25) is 9.80 Å². The van der Waals surface area contributed by atoms with Gasteiger partial charge in [0.2, 0.25) is 0 Å². The summed E-state index contributed by atoms with van der Waals surface area (Å²) < 4.78 is 44.5. The van der Waals surface area contributed by atoms with Gasteiger partial charge in [0.15, 0.2) is 5.78 Å². The first-order valence-electron chi connectivity index (χ1n) is 6.92. The number of hydrogen-bond acceptors (Lipinski definition) is 4. The van der Waals surface area contributed by atoms with E-state index in [0.29, 0.717) is 13.0 Å². The Balaban J connectivity index is 2.96. The molecule has 4 nitrogen and oxygen atoms in total. The van der Waals surface area contributed by atoms with E-state index in [1.165, 1.54) is 19.1 Å². The molecule has 0 aromatic carbocycles. The summed E-state index contributed by atoms with van der Waals surface area (Å²) in [5.41, 5.74) is 0.273. The van der Waals surface area contributed by atoms with Crippen molar-refractivity contribution in [3.8, 4) is 0 Å². The van der Waals surface area contributed by atoms with Gasteiger partial charge in [0.05, 0.1) is 0 Å². The normalized spacial score (nSPS) is 19.5. The first kappa shape index (κ1) is 18.4. The van der Waals surface area contributed by atoms with Gasteiger partial charge < -0.3 is 4.74 Å². The highest BCUT2D eigenvalue weighted by Crippen LogP contribution is 2.29. The van der Waals surface area contributed by atoms with Gasteiger partial charge >= 0.3 is 6.30 Å². The molecule has 0 radical (unpaired) electrons. The monoisotopic (exact) mass is 318 g/mol. The molecule has 0 aromatic heterocycles. The van der Waals surface area contributed by atoms with Crippen LogP contribution in [-0.4, -0.2) is 42.0 Å². The fourth-order valence-electron chi connectivity index (χ4n) is 2.00.